The number of hydrogen-bond donors (Lipinski definition) is 1. The summed E-state index contributed by atoms with van der Waals surface area (Å²) in [5.74, 6) is 0. The molecular formula is C11H20N4. The zero-order valence-electron chi connectivity index (χ0n) is 9.18. The van der Waals surface area contributed by atoms with Crippen LogP contribution in [0.25, 0.3) is 0 Å². The molecule has 1 heterocycles. The van der Waals surface area contributed by atoms with E-state index in [0.717, 1.165) is 32.2 Å². The summed E-state index contributed by atoms with van der Waals surface area (Å²) in [5, 5.41) is 4.21. The van der Waals surface area contributed by atoms with E-state index in [1.54, 1.807) is 0 Å². The van der Waals surface area contributed by atoms with Crippen molar-refractivity contribution in [3.63, 3.8) is 0 Å². The molecule has 1 aromatic rings. The molecule has 84 valence electrons. The number of nitrogens with zero attached hydrogens (tertiary/aromatic N) is 3. The van der Waals surface area contributed by atoms with Gasteiger partial charge in [-0.25, -0.2) is 0 Å². The summed E-state index contributed by atoms with van der Waals surface area (Å²) in [5.41, 5.74) is 5.63. The summed E-state index contributed by atoms with van der Waals surface area (Å²) >= 11 is 0. The van der Waals surface area contributed by atoms with Gasteiger partial charge in [-0.1, -0.05) is 6.42 Å². The Labute approximate surface area is 91.1 Å². The maximum Gasteiger partial charge on any atom is 0.0536 e. The maximum atomic E-state index is 5.63. The molecule has 2 rings (SSSR count). The van der Waals surface area contributed by atoms with E-state index in [9.17, 15) is 0 Å². The van der Waals surface area contributed by atoms with Crippen molar-refractivity contribution in [3.8, 4) is 0 Å². The third-order valence-electron chi connectivity index (χ3n) is 3.18. The Morgan fingerprint density at radius 3 is 2.80 bits per heavy atom. The van der Waals surface area contributed by atoms with Gasteiger partial charge in [0.15, 0.2) is 0 Å². The van der Waals surface area contributed by atoms with Gasteiger partial charge in [-0.2, -0.15) is 5.10 Å². The minimum Gasteiger partial charge on any atom is -0.329 e. The SMILES string of the molecule is NCCN(CCn1cccn1)C1CCC1. The van der Waals surface area contributed by atoms with Crippen molar-refractivity contribution in [2.75, 3.05) is 19.6 Å². The van der Waals surface area contributed by atoms with Crippen LogP contribution < -0.4 is 5.73 Å². The minimum atomic E-state index is 0.760. The van der Waals surface area contributed by atoms with Gasteiger partial charge in [0.1, 0.15) is 0 Å². The van der Waals surface area contributed by atoms with Crippen molar-refractivity contribution >= 4 is 0 Å². The molecule has 0 aliphatic heterocycles. The van der Waals surface area contributed by atoms with E-state index in [1.165, 1.54) is 19.3 Å². The Kier molecular flexibility index (Phi) is 3.75. The smallest absolute Gasteiger partial charge is 0.0536 e. The summed E-state index contributed by atoms with van der Waals surface area (Å²) in [6, 6.07) is 2.75. The molecule has 1 aromatic heterocycles. The lowest BCUT2D eigenvalue weighted by Gasteiger charge is -2.37. The van der Waals surface area contributed by atoms with E-state index in [2.05, 4.69) is 10.00 Å². The number of nitrogens with two attached hydrogens (primary N) is 1. The van der Waals surface area contributed by atoms with Gasteiger partial charge >= 0.3 is 0 Å². The Balaban J connectivity index is 1.78. The van der Waals surface area contributed by atoms with Crippen LogP contribution >= 0.6 is 0 Å². The molecule has 1 fully saturated rings. The first-order chi connectivity index (χ1) is 7.40. The monoisotopic (exact) mass is 208 g/mol. The number of rotatable bonds is 6. The highest BCUT2D eigenvalue weighted by atomic mass is 15.3. The Bertz CT molecular complexity index is 266. The Hall–Kier alpha value is -0.870. The number of hydrogen-bond acceptors (Lipinski definition) is 3. The van der Waals surface area contributed by atoms with Crippen molar-refractivity contribution in [1.29, 1.82) is 0 Å². The second kappa shape index (κ2) is 5.28. The zero-order valence-corrected chi connectivity index (χ0v) is 9.18. The molecule has 1 aliphatic carbocycles. The molecule has 4 heteroatoms. The van der Waals surface area contributed by atoms with E-state index >= 15 is 0 Å². The predicted octanol–water partition coefficient (Wildman–Crippen LogP) is 0.696. The highest BCUT2D eigenvalue weighted by molar-refractivity contribution is 4.82. The van der Waals surface area contributed by atoms with Gasteiger partial charge < -0.3 is 5.73 Å². The van der Waals surface area contributed by atoms with E-state index in [0.29, 0.717) is 0 Å². The largest absolute Gasteiger partial charge is 0.329 e. The maximum absolute atomic E-state index is 5.63. The van der Waals surface area contributed by atoms with Crippen molar-refractivity contribution < 1.29 is 0 Å². The van der Waals surface area contributed by atoms with Crippen LogP contribution in [0, 0.1) is 0 Å². The second-order valence-corrected chi connectivity index (χ2v) is 4.18. The molecule has 2 N–H and O–H groups in total. The van der Waals surface area contributed by atoms with E-state index in [1.807, 2.05) is 23.1 Å². The van der Waals surface area contributed by atoms with Crippen LogP contribution in [0.5, 0.6) is 0 Å². The van der Waals surface area contributed by atoms with Crippen LogP contribution in [0.15, 0.2) is 18.5 Å². The molecule has 4 nitrogen and oxygen atoms in total. The molecular weight excluding hydrogens is 188 g/mol. The predicted molar refractivity (Wildman–Crippen MR) is 60.5 cm³/mol. The topological polar surface area (TPSA) is 47.1 Å². The van der Waals surface area contributed by atoms with Gasteiger partial charge in [-0.05, 0) is 18.9 Å². The van der Waals surface area contributed by atoms with Gasteiger partial charge in [0, 0.05) is 38.1 Å². The van der Waals surface area contributed by atoms with E-state index < -0.39 is 0 Å². The van der Waals surface area contributed by atoms with Crippen LogP contribution in [0.1, 0.15) is 19.3 Å². The molecule has 0 spiro atoms. The lowest BCUT2D eigenvalue weighted by atomic mass is 9.91. The molecule has 0 unspecified atom stereocenters. The lowest BCUT2D eigenvalue weighted by molar-refractivity contribution is 0.125. The number of aromatic nitrogens is 2. The van der Waals surface area contributed by atoms with Gasteiger partial charge in [0.25, 0.3) is 0 Å². The molecule has 0 aromatic carbocycles. The second-order valence-electron chi connectivity index (χ2n) is 4.18. The first-order valence-corrected chi connectivity index (χ1v) is 5.81. The van der Waals surface area contributed by atoms with Gasteiger partial charge in [-0.15, -0.1) is 0 Å². The average molecular weight is 208 g/mol. The fraction of sp³-hybridized carbons (Fsp3) is 0.727. The molecule has 0 bridgehead atoms. The van der Waals surface area contributed by atoms with Crippen molar-refractivity contribution in [2.24, 2.45) is 5.73 Å². The van der Waals surface area contributed by atoms with E-state index in [4.69, 9.17) is 5.73 Å². The molecule has 0 saturated heterocycles. The summed E-state index contributed by atoms with van der Waals surface area (Å²) in [7, 11) is 0. The summed E-state index contributed by atoms with van der Waals surface area (Å²) in [4.78, 5) is 2.51. The van der Waals surface area contributed by atoms with Gasteiger partial charge in [-0.3, -0.25) is 9.58 Å². The third-order valence-corrected chi connectivity index (χ3v) is 3.18. The highest BCUT2D eigenvalue weighted by Crippen LogP contribution is 2.24. The van der Waals surface area contributed by atoms with E-state index in [-0.39, 0.29) is 0 Å². The summed E-state index contributed by atoms with van der Waals surface area (Å²) < 4.78 is 1.99. The Morgan fingerprint density at radius 2 is 2.27 bits per heavy atom. The third kappa shape index (κ3) is 2.79. The normalized spacial score (nSPS) is 16.9. The highest BCUT2D eigenvalue weighted by Gasteiger charge is 2.23. The molecule has 1 saturated carbocycles. The van der Waals surface area contributed by atoms with Crippen LogP contribution in [-0.2, 0) is 6.54 Å². The fourth-order valence-electron chi connectivity index (χ4n) is 2.06. The molecule has 0 radical (unpaired) electrons. The first kappa shape index (κ1) is 10.6. The minimum absolute atomic E-state index is 0.760. The zero-order chi connectivity index (χ0) is 10.5. The standard InChI is InChI=1S/C11H20N4/c12-5-8-14(11-3-1-4-11)9-10-15-7-2-6-13-15/h2,6-7,11H,1,3-5,8-10,12H2. The van der Waals surface area contributed by atoms with Crippen molar-refractivity contribution in [1.82, 2.24) is 14.7 Å². The van der Waals surface area contributed by atoms with Crippen LogP contribution in [-0.4, -0.2) is 40.4 Å². The average Bonchev–Trinajstić information content (AvgIpc) is 2.64. The fourth-order valence-corrected chi connectivity index (χ4v) is 2.06. The van der Waals surface area contributed by atoms with Crippen LogP contribution in [0.2, 0.25) is 0 Å². The first-order valence-electron chi connectivity index (χ1n) is 5.81. The Morgan fingerprint density at radius 1 is 1.40 bits per heavy atom. The van der Waals surface area contributed by atoms with Crippen LogP contribution in [0.4, 0.5) is 0 Å². The van der Waals surface area contributed by atoms with Crippen molar-refractivity contribution in [2.45, 2.75) is 31.8 Å². The van der Waals surface area contributed by atoms with Crippen molar-refractivity contribution in [3.05, 3.63) is 18.5 Å². The quantitative estimate of drug-likeness (QED) is 0.748. The molecule has 15 heavy (non-hydrogen) atoms. The lowest BCUT2D eigenvalue weighted by Crippen LogP contribution is -2.44. The summed E-state index contributed by atoms with van der Waals surface area (Å²) in [6.45, 7) is 3.83. The molecule has 0 atom stereocenters. The summed E-state index contributed by atoms with van der Waals surface area (Å²) in [6.07, 6.45) is 7.92. The van der Waals surface area contributed by atoms with Gasteiger partial charge in [0.2, 0.25) is 0 Å². The van der Waals surface area contributed by atoms with Gasteiger partial charge in [0.05, 0.1) is 6.54 Å². The van der Waals surface area contributed by atoms with Crippen LogP contribution in [0.3, 0.4) is 0 Å². The molecule has 0 amide bonds. The molecule has 1 aliphatic rings.